The van der Waals surface area contributed by atoms with Gasteiger partial charge in [0.05, 0.1) is 0 Å². The maximum absolute atomic E-state index is 2.41. The Labute approximate surface area is 55.8 Å². The molecular formula is CH4AlI2. The van der Waals surface area contributed by atoms with Gasteiger partial charge in [0.15, 0.2) is 0 Å². The summed E-state index contributed by atoms with van der Waals surface area (Å²) in [4.78, 5) is 0. The van der Waals surface area contributed by atoms with Crippen molar-refractivity contribution in [3.63, 3.8) is 0 Å². The summed E-state index contributed by atoms with van der Waals surface area (Å²) < 4.78 is 0. The minimum atomic E-state index is 0. The molecule has 25 valence electrons. The van der Waals surface area contributed by atoms with E-state index in [1.807, 2.05) is 0 Å². The highest BCUT2D eigenvalue weighted by Crippen LogP contribution is 1.80. The summed E-state index contributed by atoms with van der Waals surface area (Å²) in [6, 6.07) is 0. The van der Waals surface area contributed by atoms with E-state index in [4.69, 9.17) is 0 Å². The molecule has 0 spiro atoms. The summed E-state index contributed by atoms with van der Waals surface area (Å²) in [5.74, 6) is 0. The Bertz CT molecular complexity index is 6.00. The van der Waals surface area contributed by atoms with Crippen LogP contribution < -0.4 is 0 Å². The molecule has 3 heteroatoms. The molecule has 0 rings (SSSR count). The zero-order valence-corrected chi connectivity index (χ0v) is 8.19. The van der Waals surface area contributed by atoms with Crippen LogP contribution in [0.4, 0.5) is 0 Å². The van der Waals surface area contributed by atoms with E-state index < -0.39 is 0 Å². The minimum Gasteiger partial charge on any atom is -0.197 e. The Morgan fingerprint density at radius 2 is 1.25 bits per heavy atom. The highest BCUT2D eigenvalue weighted by atomic mass is 127. The molecule has 0 aliphatic carbocycles. The first-order valence-electron chi connectivity index (χ1n) is 0.535. The van der Waals surface area contributed by atoms with E-state index in [2.05, 4.69) is 40.5 Å². The lowest BCUT2D eigenvalue weighted by Gasteiger charge is -1.33. The van der Waals surface area contributed by atoms with Gasteiger partial charge in [-0.2, -0.15) is 40.5 Å². The molecule has 0 saturated carbocycles. The Morgan fingerprint density at radius 3 is 1.25 bits per heavy atom. The molecular weight excluding hydrogens is 293 g/mol. The number of hydrogen-bond acceptors (Lipinski definition) is 0. The quantitative estimate of drug-likeness (QED) is 0.470. The second-order valence-electron chi connectivity index (χ2n) is 0.101. The molecule has 0 nitrogen and oxygen atoms in total. The third-order valence-electron chi connectivity index (χ3n) is 0. The van der Waals surface area contributed by atoms with Crippen LogP contribution in [-0.4, -0.2) is 8.65 Å². The summed E-state index contributed by atoms with van der Waals surface area (Å²) in [5.41, 5.74) is 0. The topological polar surface area (TPSA) is 0 Å². The number of rotatable bonds is 0. The molecule has 0 aromatic carbocycles. The van der Waals surface area contributed by atoms with Crippen molar-refractivity contribution in [2.24, 2.45) is 0 Å². The zero-order chi connectivity index (χ0) is 2.71. The minimum absolute atomic E-state index is 0. The molecule has 0 saturated heterocycles. The van der Waals surface area contributed by atoms with E-state index >= 15 is 0 Å². The van der Waals surface area contributed by atoms with E-state index in [1.165, 1.54) is 0 Å². The van der Waals surface area contributed by atoms with Crippen LogP contribution in [0, 0.1) is 7.43 Å². The van der Waals surface area contributed by atoms with Crippen LogP contribution in [0.25, 0.3) is 0 Å². The van der Waals surface area contributed by atoms with Crippen molar-refractivity contribution in [1.82, 2.24) is 0 Å². The van der Waals surface area contributed by atoms with Crippen LogP contribution in [0.5, 0.6) is 0 Å². The van der Waals surface area contributed by atoms with Gasteiger partial charge in [-0.05, 0) is 0 Å². The van der Waals surface area contributed by atoms with Crippen LogP contribution >= 0.6 is 40.5 Å². The van der Waals surface area contributed by atoms with Gasteiger partial charge in [0.2, 0.25) is 0 Å². The molecule has 0 heterocycles. The normalized spacial score (nSPS) is 3.50. The molecule has 0 aliphatic heterocycles. The van der Waals surface area contributed by atoms with Crippen LogP contribution in [0.2, 0.25) is 0 Å². The molecule has 0 amide bonds. The Morgan fingerprint density at radius 1 is 1.25 bits per heavy atom. The first-order valence-corrected chi connectivity index (χ1v) is 10.8. The van der Waals surface area contributed by atoms with Gasteiger partial charge in [0.25, 0.3) is 0 Å². The summed E-state index contributed by atoms with van der Waals surface area (Å²) in [6.07, 6.45) is 0. The smallest absolute Gasteiger partial charge is 0.197 e. The third kappa shape index (κ3) is 9.01. The largest absolute Gasteiger partial charge is 0.425 e. The molecule has 0 aromatic heterocycles. The molecule has 1 radical (unpaired) electrons. The molecule has 4 heavy (non-hydrogen) atoms. The van der Waals surface area contributed by atoms with Crippen LogP contribution in [0.15, 0.2) is 0 Å². The Kier molecular flexibility index (Phi) is 20.8. The highest BCUT2D eigenvalue weighted by Gasteiger charge is 1.56. The van der Waals surface area contributed by atoms with Crippen molar-refractivity contribution in [1.29, 1.82) is 0 Å². The third-order valence-corrected chi connectivity index (χ3v) is 0. The predicted molar refractivity (Wildman–Crippen MR) is 41.6 cm³/mol. The van der Waals surface area contributed by atoms with E-state index in [-0.39, 0.29) is 7.43 Å². The van der Waals surface area contributed by atoms with Gasteiger partial charge in [0.1, 0.15) is 0 Å². The lowest BCUT2D eigenvalue weighted by molar-refractivity contribution is 3.24. The molecule has 0 aliphatic rings. The van der Waals surface area contributed by atoms with Crippen molar-refractivity contribution in [3.8, 4) is 0 Å². The maximum Gasteiger partial charge on any atom is 0.425 e. The fraction of sp³-hybridized carbons (Fsp3) is 0. The first-order chi connectivity index (χ1) is 1.41. The predicted octanol–water partition coefficient (Wildman–Crippen LogP) is 1.57. The SMILES string of the molecule is [CH3].[I][AlH][I]. The van der Waals surface area contributed by atoms with Crippen LogP contribution in [-0.2, 0) is 0 Å². The van der Waals surface area contributed by atoms with Gasteiger partial charge < -0.3 is 0 Å². The average molecular weight is 297 g/mol. The average Bonchev–Trinajstić information content (AvgIpc) is 0.918. The summed E-state index contributed by atoms with van der Waals surface area (Å²) in [5, 5.41) is 0. The standard InChI is InChI=1S/CH3.Al.2HI.H/h1H3;;2*1H;/q;+2;;;/p-2. The Balaban J connectivity index is 0. The molecule has 0 unspecified atom stereocenters. The summed E-state index contributed by atoms with van der Waals surface area (Å²) in [7, 11) is 0.357. The fourth-order valence-electron chi connectivity index (χ4n) is 0. The zero-order valence-electron chi connectivity index (χ0n) is 2.46. The second kappa shape index (κ2) is 8.89. The van der Waals surface area contributed by atoms with Gasteiger partial charge in [-0.3, -0.25) is 0 Å². The summed E-state index contributed by atoms with van der Waals surface area (Å²) in [6.45, 7) is 0. The molecule has 0 bridgehead atoms. The van der Waals surface area contributed by atoms with Crippen molar-refractivity contribution in [2.75, 3.05) is 0 Å². The van der Waals surface area contributed by atoms with E-state index in [0.29, 0.717) is 8.65 Å². The second-order valence-corrected chi connectivity index (χ2v) is 13.6. The molecule has 0 N–H and O–H groups in total. The Hall–Kier alpha value is 1.99. The number of hydrogen-bond donors (Lipinski definition) is 0. The van der Waals surface area contributed by atoms with Crippen molar-refractivity contribution in [3.05, 3.63) is 7.43 Å². The lowest BCUT2D eigenvalue weighted by Crippen LogP contribution is -1.30. The van der Waals surface area contributed by atoms with Gasteiger partial charge in [-0.15, -0.1) is 0 Å². The lowest BCUT2D eigenvalue weighted by atomic mass is 12.0. The van der Waals surface area contributed by atoms with Gasteiger partial charge >= 0.3 is 8.65 Å². The van der Waals surface area contributed by atoms with Gasteiger partial charge in [-0.25, -0.2) is 0 Å². The molecule has 0 aromatic rings. The fourth-order valence-corrected chi connectivity index (χ4v) is 0. The molecule has 0 fully saturated rings. The van der Waals surface area contributed by atoms with Crippen molar-refractivity contribution >= 4 is 49.2 Å². The summed E-state index contributed by atoms with van der Waals surface area (Å²) >= 11 is 4.83. The number of halogens is 2. The van der Waals surface area contributed by atoms with Gasteiger partial charge in [0, 0.05) is 0 Å². The van der Waals surface area contributed by atoms with Gasteiger partial charge in [-0.1, -0.05) is 7.43 Å². The first kappa shape index (κ1) is 9.37. The van der Waals surface area contributed by atoms with E-state index in [1.54, 1.807) is 0 Å². The van der Waals surface area contributed by atoms with Crippen LogP contribution in [0.3, 0.4) is 0 Å². The highest BCUT2D eigenvalue weighted by molar-refractivity contribution is 14.3. The van der Waals surface area contributed by atoms with Crippen molar-refractivity contribution < 1.29 is 0 Å². The maximum atomic E-state index is 2.41. The van der Waals surface area contributed by atoms with E-state index in [0.717, 1.165) is 0 Å². The van der Waals surface area contributed by atoms with E-state index in [9.17, 15) is 0 Å². The monoisotopic (exact) mass is 297 g/mol. The van der Waals surface area contributed by atoms with Crippen molar-refractivity contribution in [2.45, 2.75) is 0 Å². The van der Waals surface area contributed by atoms with Crippen LogP contribution in [0.1, 0.15) is 0 Å². The molecule has 0 atom stereocenters.